The molecule has 1 N–H and O–H groups in total. The molecule has 0 aromatic heterocycles. The lowest BCUT2D eigenvalue weighted by Crippen LogP contribution is -2.47. The second kappa shape index (κ2) is 6.42. The van der Waals surface area contributed by atoms with Crippen LogP contribution in [-0.4, -0.2) is 36.2 Å². The molecule has 1 aromatic carbocycles. The third-order valence-electron chi connectivity index (χ3n) is 4.26. The van der Waals surface area contributed by atoms with E-state index in [2.05, 4.69) is 4.90 Å². The summed E-state index contributed by atoms with van der Waals surface area (Å²) in [6.07, 6.45) is 4.22. The van der Waals surface area contributed by atoms with E-state index in [0.29, 0.717) is 17.0 Å². The predicted octanol–water partition coefficient (Wildman–Crippen LogP) is 3.50. The van der Waals surface area contributed by atoms with Crippen LogP contribution in [0.25, 0.3) is 0 Å². The van der Waals surface area contributed by atoms with E-state index in [1.807, 2.05) is 14.1 Å². The quantitative estimate of drug-likeness (QED) is 0.920. The van der Waals surface area contributed by atoms with Gasteiger partial charge in [0, 0.05) is 23.9 Å². The Morgan fingerprint density at radius 1 is 1.40 bits per heavy atom. The number of aliphatic hydroxyl groups is 1. The van der Waals surface area contributed by atoms with Crippen molar-refractivity contribution in [2.45, 2.75) is 37.7 Å². The van der Waals surface area contributed by atoms with E-state index in [9.17, 15) is 9.50 Å². The van der Waals surface area contributed by atoms with Gasteiger partial charge in [0.1, 0.15) is 5.82 Å². The van der Waals surface area contributed by atoms with Crippen molar-refractivity contribution < 1.29 is 9.50 Å². The van der Waals surface area contributed by atoms with Crippen LogP contribution in [0.1, 0.15) is 31.2 Å². The highest BCUT2D eigenvalue weighted by molar-refractivity contribution is 6.30. The smallest absolute Gasteiger partial charge is 0.126 e. The number of halogens is 2. The van der Waals surface area contributed by atoms with Crippen LogP contribution >= 0.6 is 11.6 Å². The van der Waals surface area contributed by atoms with Gasteiger partial charge in [-0.3, -0.25) is 0 Å². The molecule has 2 rings (SSSR count). The van der Waals surface area contributed by atoms with Crippen LogP contribution in [0.2, 0.25) is 5.02 Å². The molecular weight excluding hydrogens is 277 g/mol. The van der Waals surface area contributed by atoms with Gasteiger partial charge in [0.25, 0.3) is 0 Å². The Morgan fingerprint density at radius 3 is 2.85 bits per heavy atom. The molecule has 1 aromatic rings. The fraction of sp³-hybridized carbons (Fsp3) is 0.625. The Bertz CT molecular complexity index is 466. The van der Waals surface area contributed by atoms with Crippen molar-refractivity contribution in [1.29, 1.82) is 0 Å². The lowest BCUT2D eigenvalue weighted by Gasteiger charge is -2.41. The summed E-state index contributed by atoms with van der Waals surface area (Å²) >= 11 is 5.94. The molecule has 1 saturated carbocycles. The Kier molecular flexibility index (Phi) is 5.05. The van der Waals surface area contributed by atoms with E-state index in [1.165, 1.54) is 6.07 Å². The average molecular weight is 300 g/mol. The maximum absolute atomic E-state index is 13.9. The molecule has 0 unspecified atom stereocenters. The van der Waals surface area contributed by atoms with E-state index in [1.54, 1.807) is 12.1 Å². The summed E-state index contributed by atoms with van der Waals surface area (Å²) in [7, 11) is 4.02. The van der Waals surface area contributed by atoms with Gasteiger partial charge in [-0.15, -0.1) is 0 Å². The molecule has 0 bridgehead atoms. The summed E-state index contributed by atoms with van der Waals surface area (Å²) < 4.78 is 13.9. The molecule has 0 spiro atoms. The maximum Gasteiger partial charge on any atom is 0.126 e. The minimum Gasteiger partial charge on any atom is -0.389 e. The largest absolute Gasteiger partial charge is 0.389 e. The molecular formula is C16H23ClFNO. The van der Waals surface area contributed by atoms with Crippen LogP contribution in [0.4, 0.5) is 4.39 Å². The summed E-state index contributed by atoms with van der Waals surface area (Å²) in [6, 6.07) is 4.56. The van der Waals surface area contributed by atoms with Gasteiger partial charge in [-0.05, 0) is 50.7 Å². The summed E-state index contributed by atoms with van der Waals surface area (Å²) in [6.45, 7) is 0.832. The minimum atomic E-state index is -0.825. The van der Waals surface area contributed by atoms with Gasteiger partial charge < -0.3 is 10.0 Å². The third kappa shape index (κ3) is 3.72. The first-order valence-electron chi connectivity index (χ1n) is 7.22. The minimum absolute atomic E-state index is 0.185. The molecule has 0 amide bonds. The van der Waals surface area contributed by atoms with Crippen molar-refractivity contribution in [2.75, 3.05) is 20.6 Å². The lowest BCUT2D eigenvalue weighted by molar-refractivity contribution is -0.0557. The SMILES string of the molecule is CN(C)C[C@@H]1CCCC[C@]1(O)Cc1cc(Cl)ccc1F. The van der Waals surface area contributed by atoms with Crippen molar-refractivity contribution in [2.24, 2.45) is 5.92 Å². The van der Waals surface area contributed by atoms with E-state index in [0.717, 1.165) is 32.2 Å². The van der Waals surface area contributed by atoms with Gasteiger partial charge in [-0.25, -0.2) is 4.39 Å². The van der Waals surface area contributed by atoms with E-state index in [-0.39, 0.29) is 11.7 Å². The van der Waals surface area contributed by atoms with Crippen LogP contribution in [0.3, 0.4) is 0 Å². The second-order valence-corrected chi connectivity index (χ2v) is 6.66. The molecule has 2 atom stereocenters. The highest BCUT2D eigenvalue weighted by Gasteiger charge is 2.39. The molecule has 4 heteroatoms. The zero-order chi connectivity index (χ0) is 14.8. The van der Waals surface area contributed by atoms with Gasteiger partial charge in [0.15, 0.2) is 0 Å². The van der Waals surface area contributed by atoms with Crippen LogP contribution in [0.15, 0.2) is 18.2 Å². The number of hydrogen-bond donors (Lipinski definition) is 1. The van der Waals surface area contributed by atoms with Crippen LogP contribution in [-0.2, 0) is 6.42 Å². The first-order chi connectivity index (χ1) is 9.40. The van der Waals surface area contributed by atoms with E-state index in [4.69, 9.17) is 11.6 Å². The fourth-order valence-electron chi connectivity index (χ4n) is 3.24. The molecule has 0 saturated heterocycles. The first kappa shape index (κ1) is 15.7. The summed E-state index contributed by atoms with van der Waals surface area (Å²) in [5.41, 5.74) is -0.306. The molecule has 1 aliphatic carbocycles. The van der Waals surface area contributed by atoms with Gasteiger partial charge in [-0.2, -0.15) is 0 Å². The van der Waals surface area contributed by atoms with Crippen LogP contribution < -0.4 is 0 Å². The maximum atomic E-state index is 13.9. The molecule has 0 aliphatic heterocycles. The molecule has 20 heavy (non-hydrogen) atoms. The van der Waals surface area contributed by atoms with Crippen molar-refractivity contribution in [3.05, 3.63) is 34.6 Å². The highest BCUT2D eigenvalue weighted by atomic mass is 35.5. The fourth-order valence-corrected chi connectivity index (χ4v) is 3.43. The molecule has 1 fully saturated rings. The normalized spacial score (nSPS) is 27.0. The molecule has 2 nitrogen and oxygen atoms in total. The van der Waals surface area contributed by atoms with E-state index >= 15 is 0 Å². The zero-order valence-electron chi connectivity index (χ0n) is 12.2. The Hall–Kier alpha value is -0.640. The Balaban J connectivity index is 2.20. The van der Waals surface area contributed by atoms with Gasteiger partial charge in [0.2, 0.25) is 0 Å². The summed E-state index contributed by atoms with van der Waals surface area (Å²) in [5.74, 6) is -0.0957. The highest BCUT2D eigenvalue weighted by Crippen LogP contribution is 2.37. The average Bonchev–Trinajstić information content (AvgIpc) is 2.36. The molecule has 1 aliphatic rings. The molecule has 0 heterocycles. The zero-order valence-corrected chi connectivity index (χ0v) is 13.0. The second-order valence-electron chi connectivity index (χ2n) is 6.22. The number of benzene rings is 1. The summed E-state index contributed by atoms with van der Waals surface area (Å²) in [4.78, 5) is 2.09. The van der Waals surface area contributed by atoms with Crippen molar-refractivity contribution in [3.63, 3.8) is 0 Å². The van der Waals surface area contributed by atoms with Crippen molar-refractivity contribution in [3.8, 4) is 0 Å². The van der Waals surface area contributed by atoms with E-state index < -0.39 is 5.60 Å². The van der Waals surface area contributed by atoms with Crippen molar-refractivity contribution in [1.82, 2.24) is 4.90 Å². The number of hydrogen-bond acceptors (Lipinski definition) is 2. The summed E-state index contributed by atoms with van der Waals surface area (Å²) in [5, 5.41) is 11.5. The topological polar surface area (TPSA) is 23.5 Å². The Morgan fingerprint density at radius 2 is 2.15 bits per heavy atom. The Labute approximate surface area is 125 Å². The van der Waals surface area contributed by atoms with Gasteiger partial charge in [0.05, 0.1) is 5.60 Å². The number of nitrogens with zero attached hydrogens (tertiary/aromatic N) is 1. The van der Waals surface area contributed by atoms with Crippen LogP contribution in [0.5, 0.6) is 0 Å². The first-order valence-corrected chi connectivity index (χ1v) is 7.59. The lowest BCUT2D eigenvalue weighted by atomic mass is 9.72. The molecule has 0 radical (unpaired) electrons. The monoisotopic (exact) mass is 299 g/mol. The molecule has 112 valence electrons. The standard InChI is InChI=1S/C16H23ClFNO/c1-19(2)11-13-5-3-4-8-16(13,20)10-12-9-14(17)6-7-15(12)18/h6-7,9,13,20H,3-5,8,10-11H2,1-2H3/t13-,16-/m0/s1. The van der Waals surface area contributed by atoms with Crippen molar-refractivity contribution >= 4 is 11.6 Å². The van der Waals surface area contributed by atoms with Gasteiger partial charge >= 0.3 is 0 Å². The van der Waals surface area contributed by atoms with Crippen LogP contribution in [0, 0.1) is 11.7 Å². The van der Waals surface area contributed by atoms with Gasteiger partial charge in [-0.1, -0.05) is 24.4 Å². The predicted molar refractivity (Wildman–Crippen MR) is 80.6 cm³/mol. The number of rotatable bonds is 4. The third-order valence-corrected chi connectivity index (χ3v) is 4.50.